The predicted octanol–water partition coefficient (Wildman–Crippen LogP) is 1.90. The second-order valence-corrected chi connectivity index (χ2v) is 6.23. The average molecular weight is 249 g/mol. The largest absolute Gasteiger partial charge is 0.361 e. The van der Waals surface area contributed by atoms with Gasteiger partial charge in [-0.2, -0.15) is 0 Å². The van der Waals surface area contributed by atoms with E-state index in [2.05, 4.69) is 28.1 Å². The molecular formula is C14H23N3O. The Hall–Kier alpha value is -0.870. The van der Waals surface area contributed by atoms with Crippen LogP contribution in [0.1, 0.15) is 30.7 Å². The molecule has 0 saturated carbocycles. The molecule has 0 bridgehead atoms. The number of rotatable bonds is 2. The maximum absolute atomic E-state index is 5.16. The third-order valence-corrected chi connectivity index (χ3v) is 4.43. The van der Waals surface area contributed by atoms with E-state index in [1.165, 1.54) is 45.4 Å². The molecule has 3 rings (SSSR count). The Morgan fingerprint density at radius 3 is 2.89 bits per heavy atom. The molecule has 3 heterocycles. The van der Waals surface area contributed by atoms with Crippen LogP contribution >= 0.6 is 0 Å². The molecule has 0 N–H and O–H groups in total. The summed E-state index contributed by atoms with van der Waals surface area (Å²) < 4.78 is 5.16. The van der Waals surface area contributed by atoms with Gasteiger partial charge in [0.2, 0.25) is 0 Å². The normalized spacial score (nSPS) is 30.3. The van der Waals surface area contributed by atoms with Crippen LogP contribution < -0.4 is 0 Å². The Bertz CT molecular complexity index is 413. The number of nitrogens with zero attached hydrogens (tertiary/aromatic N) is 3. The standard InChI is InChI=1S/C14H23N3O/c1-12-8-13(15-18-12)9-17-6-3-4-14(11-17)5-7-16(2)10-14/h8H,3-7,9-11H2,1-2H3/t14-/m1/s1. The zero-order chi connectivity index (χ0) is 12.6. The molecule has 4 nitrogen and oxygen atoms in total. The van der Waals surface area contributed by atoms with Crippen LogP contribution in [0, 0.1) is 12.3 Å². The second-order valence-electron chi connectivity index (χ2n) is 6.23. The maximum atomic E-state index is 5.16. The number of aryl methyl sites for hydroxylation is 1. The summed E-state index contributed by atoms with van der Waals surface area (Å²) in [5.74, 6) is 0.914. The van der Waals surface area contributed by atoms with Crippen molar-refractivity contribution in [2.45, 2.75) is 32.7 Å². The van der Waals surface area contributed by atoms with Gasteiger partial charge in [0, 0.05) is 25.7 Å². The summed E-state index contributed by atoms with van der Waals surface area (Å²) in [6, 6.07) is 2.06. The van der Waals surface area contributed by atoms with Gasteiger partial charge < -0.3 is 9.42 Å². The number of likely N-dealkylation sites (tertiary alicyclic amines) is 2. The summed E-state index contributed by atoms with van der Waals surface area (Å²) >= 11 is 0. The van der Waals surface area contributed by atoms with Crippen molar-refractivity contribution in [1.82, 2.24) is 15.0 Å². The van der Waals surface area contributed by atoms with Crippen molar-refractivity contribution < 1.29 is 4.52 Å². The summed E-state index contributed by atoms with van der Waals surface area (Å²) in [6.45, 7) is 7.86. The first-order chi connectivity index (χ1) is 8.65. The molecule has 1 atom stereocenters. The molecule has 1 aromatic rings. The Kier molecular flexibility index (Phi) is 3.16. The molecule has 0 radical (unpaired) electrons. The summed E-state index contributed by atoms with van der Waals surface area (Å²) in [5.41, 5.74) is 1.63. The predicted molar refractivity (Wildman–Crippen MR) is 70.3 cm³/mol. The smallest absolute Gasteiger partial charge is 0.133 e. The fourth-order valence-corrected chi connectivity index (χ4v) is 3.66. The highest BCUT2D eigenvalue weighted by Gasteiger charge is 2.40. The molecule has 0 aromatic carbocycles. The van der Waals surface area contributed by atoms with Crippen molar-refractivity contribution >= 4 is 0 Å². The van der Waals surface area contributed by atoms with E-state index in [9.17, 15) is 0 Å². The lowest BCUT2D eigenvalue weighted by Crippen LogP contribution is -2.44. The molecular weight excluding hydrogens is 226 g/mol. The summed E-state index contributed by atoms with van der Waals surface area (Å²) in [4.78, 5) is 5.03. The first-order valence-electron chi connectivity index (χ1n) is 6.98. The summed E-state index contributed by atoms with van der Waals surface area (Å²) in [6.07, 6.45) is 4.08. The maximum Gasteiger partial charge on any atom is 0.133 e. The van der Waals surface area contributed by atoms with Gasteiger partial charge in [0.15, 0.2) is 0 Å². The minimum absolute atomic E-state index is 0.547. The minimum Gasteiger partial charge on any atom is -0.361 e. The van der Waals surface area contributed by atoms with E-state index in [4.69, 9.17) is 4.52 Å². The Morgan fingerprint density at radius 2 is 2.22 bits per heavy atom. The Morgan fingerprint density at radius 1 is 1.33 bits per heavy atom. The number of hydrogen-bond acceptors (Lipinski definition) is 4. The fraction of sp³-hybridized carbons (Fsp3) is 0.786. The van der Waals surface area contributed by atoms with Crippen LogP contribution in [-0.4, -0.2) is 48.2 Å². The number of piperidine rings is 1. The molecule has 1 aromatic heterocycles. The lowest BCUT2D eigenvalue weighted by molar-refractivity contribution is 0.0881. The van der Waals surface area contributed by atoms with Gasteiger partial charge >= 0.3 is 0 Å². The van der Waals surface area contributed by atoms with E-state index < -0.39 is 0 Å². The van der Waals surface area contributed by atoms with Crippen LogP contribution in [0.15, 0.2) is 10.6 Å². The van der Waals surface area contributed by atoms with Crippen LogP contribution in [0.5, 0.6) is 0 Å². The highest BCUT2D eigenvalue weighted by atomic mass is 16.5. The van der Waals surface area contributed by atoms with Crippen molar-refractivity contribution in [3.63, 3.8) is 0 Å². The van der Waals surface area contributed by atoms with E-state index >= 15 is 0 Å². The third-order valence-electron chi connectivity index (χ3n) is 4.43. The van der Waals surface area contributed by atoms with Crippen molar-refractivity contribution in [1.29, 1.82) is 0 Å². The van der Waals surface area contributed by atoms with Gasteiger partial charge in [0.25, 0.3) is 0 Å². The number of aromatic nitrogens is 1. The molecule has 0 amide bonds. The first kappa shape index (κ1) is 12.2. The topological polar surface area (TPSA) is 32.5 Å². The average Bonchev–Trinajstić information content (AvgIpc) is 2.87. The van der Waals surface area contributed by atoms with E-state index in [0.717, 1.165) is 18.0 Å². The molecule has 0 unspecified atom stereocenters. The second kappa shape index (κ2) is 4.67. The van der Waals surface area contributed by atoms with Gasteiger partial charge in [-0.1, -0.05) is 5.16 Å². The van der Waals surface area contributed by atoms with E-state index in [0.29, 0.717) is 5.41 Å². The molecule has 4 heteroatoms. The van der Waals surface area contributed by atoms with Crippen LogP contribution in [0.4, 0.5) is 0 Å². The molecule has 100 valence electrons. The van der Waals surface area contributed by atoms with Gasteiger partial charge in [-0.15, -0.1) is 0 Å². The molecule has 18 heavy (non-hydrogen) atoms. The summed E-state index contributed by atoms with van der Waals surface area (Å²) in [7, 11) is 2.24. The molecule has 2 fully saturated rings. The first-order valence-corrected chi connectivity index (χ1v) is 6.98. The van der Waals surface area contributed by atoms with Crippen LogP contribution in [-0.2, 0) is 6.54 Å². The monoisotopic (exact) mass is 249 g/mol. The highest BCUT2D eigenvalue weighted by molar-refractivity contribution is 5.04. The SMILES string of the molecule is Cc1cc(CN2CCC[C@]3(CCN(C)C3)C2)no1. The lowest BCUT2D eigenvalue weighted by atomic mass is 9.79. The fourth-order valence-electron chi connectivity index (χ4n) is 3.66. The molecule has 2 saturated heterocycles. The van der Waals surface area contributed by atoms with E-state index in [1.807, 2.05) is 6.92 Å². The van der Waals surface area contributed by atoms with Gasteiger partial charge in [0.1, 0.15) is 5.76 Å². The lowest BCUT2D eigenvalue weighted by Gasteiger charge is -2.40. The van der Waals surface area contributed by atoms with Crippen LogP contribution in [0.25, 0.3) is 0 Å². The van der Waals surface area contributed by atoms with Crippen LogP contribution in [0.2, 0.25) is 0 Å². The Labute approximate surface area is 109 Å². The van der Waals surface area contributed by atoms with Crippen molar-refractivity contribution in [3.8, 4) is 0 Å². The van der Waals surface area contributed by atoms with Gasteiger partial charge in [-0.3, -0.25) is 4.90 Å². The van der Waals surface area contributed by atoms with Crippen molar-refractivity contribution in [2.24, 2.45) is 5.41 Å². The molecule has 1 spiro atoms. The Balaban J connectivity index is 1.64. The molecule has 0 aliphatic carbocycles. The van der Waals surface area contributed by atoms with E-state index in [-0.39, 0.29) is 0 Å². The van der Waals surface area contributed by atoms with Gasteiger partial charge in [-0.25, -0.2) is 0 Å². The number of hydrogen-bond donors (Lipinski definition) is 0. The zero-order valence-corrected chi connectivity index (χ0v) is 11.5. The molecule has 2 aliphatic heterocycles. The van der Waals surface area contributed by atoms with Gasteiger partial charge in [-0.05, 0) is 51.7 Å². The highest BCUT2D eigenvalue weighted by Crippen LogP contribution is 2.38. The van der Waals surface area contributed by atoms with Gasteiger partial charge in [0.05, 0.1) is 5.69 Å². The van der Waals surface area contributed by atoms with Crippen molar-refractivity contribution in [2.75, 3.05) is 33.2 Å². The van der Waals surface area contributed by atoms with Crippen molar-refractivity contribution in [3.05, 3.63) is 17.5 Å². The zero-order valence-electron chi connectivity index (χ0n) is 11.5. The van der Waals surface area contributed by atoms with Crippen LogP contribution in [0.3, 0.4) is 0 Å². The van der Waals surface area contributed by atoms with E-state index in [1.54, 1.807) is 0 Å². The third kappa shape index (κ3) is 2.45. The molecule has 2 aliphatic rings. The minimum atomic E-state index is 0.547. The quantitative estimate of drug-likeness (QED) is 0.801. The summed E-state index contributed by atoms with van der Waals surface area (Å²) in [5, 5.41) is 4.11.